The molecule has 2 aromatic carbocycles. The first-order valence-electron chi connectivity index (χ1n) is 9.60. The van der Waals surface area contributed by atoms with Gasteiger partial charge in [-0.2, -0.15) is 0 Å². The summed E-state index contributed by atoms with van der Waals surface area (Å²) in [4.78, 5) is 12.0. The average molecular weight is 430 g/mol. The van der Waals surface area contributed by atoms with Gasteiger partial charge in [-0.3, -0.25) is 4.31 Å². The molecular formula is C21H23N3O3S2. The van der Waals surface area contributed by atoms with E-state index in [9.17, 15) is 13.2 Å². The Morgan fingerprint density at radius 2 is 1.79 bits per heavy atom. The van der Waals surface area contributed by atoms with Crippen molar-refractivity contribution in [1.82, 2.24) is 10.6 Å². The van der Waals surface area contributed by atoms with Crippen LogP contribution < -0.4 is 14.9 Å². The number of carbonyl (C=O) groups excluding carboxylic acids is 1. The number of fused-ring (bicyclic) bond motifs is 2. The zero-order chi connectivity index (χ0) is 20.3. The number of amides is 2. The van der Waals surface area contributed by atoms with Crippen LogP contribution in [0.3, 0.4) is 0 Å². The third-order valence-electron chi connectivity index (χ3n) is 5.07. The molecule has 0 saturated carbocycles. The summed E-state index contributed by atoms with van der Waals surface area (Å²) < 4.78 is 27.9. The SMILES string of the molecule is O=C(NCCc1csc2ccccc12)NCCS(=O)(=O)N1CCc2ccccc21. The number of para-hydroxylation sites is 1. The van der Waals surface area contributed by atoms with E-state index >= 15 is 0 Å². The zero-order valence-corrected chi connectivity index (χ0v) is 17.6. The first-order chi connectivity index (χ1) is 14.0. The average Bonchev–Trinajstić information content (AvgIpc) is 3.33. The molecule has 29 heavy (non-hydrogen) atoms. The highest BCUT2D eigenvalue weighted by Gasteiger charge is 2.28. The molecule has 4 rings (SSSR count). The van der Waals surface area contributed by atoms with Gasteiger partial charge in [-0.1, -0.05) is 36.4 Å². The normalized spacial score (nSPS) is 13.4. The smallest absolute Gasteiger partial charge is 0.314 e. The second-order valence-electron chi connectivity index (χ2n) is 6.96. The Hall–Kier alpha value is -2.58. The molecule has 0 saturated heterocycles. The van der Waals surface area contributed by atoms with Gasteiger partial charge in [0.05, 0.1) is 11.4 Å². The number of benzene rings is 2. The maximum absolute atomic E-state index is 12.6. The van der Waals surface area contributed by atoms with Crippen LogP contribution in [0.4, 0.5) is 10.5 Å². The molecule has 2 N–H and O–H groups in total. The van der Waals surface area contributed by atoms with Gasteiger partial charge >= 0.3 is 6.03 Å². The van der Waals surface area contributed by atoms with Crippen molar-refractivity contribution in [2.24, 2.45) is 0 Å². The summed E-state index contributed by atoms with van der Waals surface area (Å²) >= 11 is 1.70. The maximum Gasteiger partial charge on any atom is 0.314 e. The Morgan fingerprint density at radius 3 is 2.69 bits per heavy atom. The third-order valence-corrected chi connectivity index (χ3v) is 7.85. The number of hydrogen-bond acceptors (Lipinski definition) is 4. The van der Waals surface area contributed by atoms with E-state index in [1.165, 1.54) is 20.0 Å². The summed E-state index contributed by atoms with van der Waals surface area (Å²) in [5.41, 5.74) is 3.00. The Balaban J connectivity index is 1.23. The molecule has 1 aliphatic heterocycles. The van der Waals surface area contributed by atoms with Crippen LogP contribution in [0.5, 0.6) is 0 Å². The minimum absolute atomic E-state index is 0.0776. The minimum Gasteiger partial charge on any atom is -0.338 e. The van der Waals surface area contributed by atoms with Crippen LogP contribution in [0.1, 0.15) is 11.1 Å². The van der Waals surface area contributed by atoms with Gasteiger partial charge in [-0.15, -0.1) is 11.3 Å². The minimum atomic E-state index is -3.46. The van der Waals surface area contributed by atoms with Crippen LogP contribution in [0.15, 0.2) is 53.9 Å². The molecule has 3 aromatic rings. The lowest BCUT2D eigenvalue weighted by Gasteiger charge is -2.19. The van der Waals surface area contributed by atoms with E-state index in [1.54, 1.807) is 11.3 Å². The third kappa shape index (κ3) is 4.38. The lowest BCUT2D eigenvalue weighted by Crippen LogP contribution is -2.41. The standard InChI is InChI=1S/C21H23N3O3S2/c25-21(22-11-9-17-15-28-20-8-4-2-6-18(17)20)23-12-14-29(26,27)24-13-10-16-5-1-3-7-19(16)24/h1-8,15H,9-14H2,(H2,22,23,25). The van der Waals surface area contributed by atoms with Crippen LogP contribution in [-0.2, 0) is 22.9 Å². The van der Waals surface area contributed by atoms with Crippen LogP contribution in [0.25, 0.3) is 10.1 Å². The molecule has 0 spiro atoms. The van der Waals surface area contributed by atoms with Crippen molar-refractivity contribution >= 4 is 43.2 Å². The van der Waals surface area contributed by atoms with Crippen molar-refractivity contribution in [3.8, 4) is 0 Å². The Labute approximate surface area is 174 Å². The van der Waals surface area contributed by atoms with E-state index in [1.807, 2.05) is 36.4 Å². The predicted octanol–water partition coefficient (Wildman–Crippen LogP) is 3.14. The van der Waals surface area contributed by atoms with Gasteiger partial charge in [0.25, 0.3) is 0 Å². The number of sulfonamides is 1. The van der Waals surface area contributed by atoms with Crippen LogP contribution >= 0.6 is 11.3 Å². The molecule has 0 atom stereocenters. The van der Waals surface area contributed by atoms with E-state index in [0.29, 0.717) is 13.1 Å². The summed E-state index contributed by atoms with van der Waals surface area (Å²) in [6.45, 7) is 1.04. The van der Waals surface area contributed by atoms with Gasteiger partial charge in [-0.25, -0.2) is 13.2 Å². The highest BCUT2D eigenvalue weighted by molar-refractivity contribution is 7.92. The molecule has 0 aliphatic carbocycles. The molecule has 2 heterocycles. The van der Waals surface area contributed by atoms with Crippen LogP contribution in [-0.4, -0.2) is 39.8 Å². The summed E-state index contributed by atoms with van der Waals surface area (Å²) in [5.74, 6) is -0.121. The van der Waals surface area contributed by atoms with Gasteiger partial charge in [0.15, 0.2) is 0 Å². The number of rotatable bonds is 7. The van der Waals surface area contributed by atoms with E-state index in [-0.39, 0.29) is 18.3 Å². The highest BCUT2D eigenvalue weighted by atomic mass is 32.2. The highest BCUT2D eigenvalue weighted by Crippen LogP contribution is 2.30. The topological polar surface area (TPSA) is 78.5 Å². The van der Waals surface area contributed by atoms with Gasteiger partial charge in [0, 0.05) is 24.3 Å². The van der Waals surface area contributed by atoms with E-state index in [0.717, 1.165) is 24.1 Å². The zero-order valence-electron chi connectivity index (χ0n) is 15.9. The van der Waals surface area contributed by atoms with Crippen molar-refractivity contribution in [3.05, 3.63) is 65.0 Å². The fourth-order valence-electron chi connectivity index (χ4n) is 3.60. The number of thiophene rings is 1. The second kappa shape index (κ2) is 8.42. The summed E-state index contributed by atoms with van der Waals surface area (Å²) in [6.07, 6.45) is 1.46. The molecule has 152 valence electrons. The molecule has 0 radical (unpaired) electrons. The van der Waals surface area contributed by atoms with Crippen LogP contribution in [0.2, 0.25) is 0 Å². The van der Waals surface area contributed by atoms with Crippen molar-refractivity contribution in [2.45, 2.75) is 12.8 Å². The molecule has 0 bridgehead atoms. The maximum atomic E-state index is 12.6. The van der Waals surface area contributed by atoms with Crippen molar-refractivity contribution in [3.63, 3.8) is 0 Å². The van der Waals surface area contributed by atoms with Gasteiger partial charge < -0.3 is 10.6 Å². The quantitative estimate of drug-likeness (QED) is 0.606. The van der Waals surface area contributed by atoms with Gasteiger partial charge in [-0.05, 0) is 46.9 Å². The van der Waals surface area contributed by atoms with Crippen molar-refractivity contribution < 1.29 is 13.2 Å². The summed E-state index contributed by atoms with van der Waals surface area (Å²) in [7, 11) is -3.46. The monoisotopic (exact) mass is 429 g/mol. The number of hydrogen-bond donors (Lipinski definition) is 2. The molecule has 0 fully saturated rings. The number of nitrogens with one attached hydrogen (secondary N) is 2. The first kappa shape index (κ1) is 19.7. The lowest BCUT2D eigenvalue weighted by molar-refractivity contribution is 0.241. The number of carbonyl (C=O) groups is 1. The molecule has 0 unspecified atom stereocenters. The van der Waals surface area contributed by atoms with Crippen molar-refractivity contribution in [1.29, 1.82) is 0 Å². The van der Waals surface area contributed by atoms with Gasteiger partial charge in [0.2, 0.25) is 10.0 Å². The Kier molecular flexibility index (Phi) is 5.73. The van der Waals surface area contributed by atoms with Gasteiger partial charge in [0.1, 0.15) is 0 Å². The van der Waals surface area contributed by atoms with E-state index < -0.39 is 10.0 Å². The number of nitrogens with zero attached hydrogens (tertiary/aromatic N) is 1. The summed E-state index contributed by atoms with van der Waals surface area (Å²) in [5, 5.41) is 8.79. The first-order valence-corrected chi connectivity index (χ1v) is 12.1. The van der Waals surface area contributed by atoms with Crippen molar-refractivity contribution in [2.75, 3.05) is 29.7 Å². The predicted molar refractivity (Wildman–Crippen MR) is 118 cm³/mol. The molecule has 1 aromatic heterocycles. The molecule has 1 aliphatic rings. The summed E-state index contributed by atoms with van der Waals surface area (Å²) in [6, 6.07) is 15.4. The van der Waals surface area contributed by atoms with E-state index in [2.05, 4.69) is 28.1 Å². The Morgan fingerprint density at radius 1 is 1.03 bits per heavy atom. The number of urea groups is 1. The van der Waals surface area contributed by atoms with Crippen LogP contribution in [0, 0.1) is 0 Å². The second-order valence-corrected chi connectivity index (χ2v) is 9.88. The molecular weight excluding hydrogens is 406 g/mol. The Bertz CT molecular complexity index is 1120. The molecule has 8 heteroatoms. The molecule has 2 amide bonds. The fourth-order valence-corrected chi connectivity index (χ4v) is 6.03. The lowest BCUT2D eigenvalue weighted by atomic mass is 10.1. The fraction of sp³-hybridized carbons (Fsp3) is 0.286. The molecule has 6 nitrogen and oxygen atoms in total. The van der Waals surface area contributed by atoms with E-state index in [4.69, 9.17) is 0 Å². The largest absolute Gasteiger partial charge is 0.338 e. The number of anilines is 1.